The summed E-state index contributed by atoms with van der Waals surface area (Å²) in [6.45, 7) is 2.16. The van der Waals surface area contributed by atoms with Gasteiger partial charge in [0.05, 0.1) is 11.3 Å². The zero-order chi connectivity index (χ0) is 14.7. The summed E-state index contributed by atoms with van der Waals surface area (Å²) in [5, 5.41) is 11.1. The molecule has 1 heterocycles. The fourth-order valence-electron chi connectivity index (χ4n) is 2.02. The number of rotatable bonds is 5. The van der Waals surface area contributed by atoms with Crippen molar-refractivity contribution in [2.45, 2.75) is 19.4 Å². The van der Waals surface area contributed by atoms with Crippen LogP contribution in [0.3, 0.4) is 0 Å². The van der Waals surface area contributed by atoms with Crippen LogP contribution in [0.25, 0.3) is 0 Å². The van der Waals surface area contributed by atoms with Crippen LogP contribution in [0.5, 0.6) is 0 Å². The minimum atomic E-state index is -0.911. The molecule has 0 aliphatic carbocycles. The molecule has 2 aromatic rings. The van der Waals surface area contributed by atoms with E-state index >= 15 is 0 Å². The number of aromatic carboxylic acids is 1. The second-order valence-corrected chi connectivity index (χ2v) is 6.60. The molecule has 0 aliphatic heterocycles. The third kappa shape index (κ3) is 3.41. The molecule has 1 N–H and O–H groups in total. The number of thiophene rings is 1. The average Bonchev–Trinajstić information content (AvgIpc) is 2.90. The lowest BCUT2D eigenvalue weighted by atomic mass is 10.1. The maximum Gasteiger partial charge on any atom is 0.335 e. The van der Waals surface area contributed by atoms with Gasteiger partial charge in [0.25, 0.3) is 0 Å². The van der Waals surface area contributed by atoms with Crippen LogP contribution < -0.4 is 4.90 Å². The second-order valence-electron chi connectivity index (χ2n) is 4.71. The number of carboxylic acid groups (broad SMARTS) is 1. The maximum atomic E-state index is 10.9. The molecule has 0 fully saturated rings. The van der Waals surface area contributed by atoms with E-state index in [1.165, 1.54) is 4.88 Å². The van der Waals surface area contributed by atoms with Crippen LogP contribution in [0.1, 0.15) is 22.2 Å². The standard InChI is InChI=1S/C15H16BrNO2S/c1-10(8-12-4-3-7-20-12)17(2)14-6-5-11(15(18)19)9-13(14)16/h3-7,9-10H,8H2,1-2H3,(H,18,19). The Morgan fingerprint density at radius 3 is 2.75 bits per heavy atom. The van der Waals surface area contributed by atoms with Gasteiger partial charge in [0, 0.05) is 28.9 Å². The molecule has 0 saturated carbocycles. The summed E-state index contributed by atoms with van der Waals surface area (Å²) in [7, 11) is 2.03. The molecule has 20 heavy (non-hydrogen) atoms. The van der Waals surface area contributed by atoms with Crippen LogP contribution in [-0.4, -0.2) is 24.2 Å². The molecule has 0 radical (unpaired) electrons. The Hall–Kier alpha value is -1.33. The van der Waals surface area contributed by atoms with Crippen LogP contribution in [0.2, 0.25) is 0 Å². The number of hydrogen-bond donors (Lipinski definition) is 1. The van der Waals surface area contributed by atoms with Crippen molar-refractivity contribution < 1.29 is 9.90 Å². The van der Waals surface area contributed by atoms with Crippen LogP contribution >= 0.6 is 27.3 Å². The number of benzene rings is 1. The van der Waals surface area contributed by atoms with Crippen LogP contribution in [0.4, 0.5) is 5.69 Å². The van der Waals surface area contributed by atoms with Crippen molar-refractivity contribution in [2.24, 2.45) is 0 Å². The van der Waals surface area contributed by atoms with Crippen LogP contribution in [0.15, 0.2) is 40.2 Å². The molecule has 1 unspecified atom stereocenters. The summed E-state index contributed by atoms with van der Waals surface area (Å²) in [6.07, 6.45) is 0.974. The Bertz CT molecular complexity index is 598. The van der Waals surface area contributed by atoms with E-state index in [1.807, 2.05) is 13.1 Å². The molecule has 1 aromatic heterocycles. The molecule has 5 heteroatoms. The van der Waals surface area contributed by atoms with Crippen LogP contribution in [-0.2, 0) is 6.42 Å². The van der Waals surface area contributed by atoms with Gasteiger partial charge in [-0.25, -0.2) is 4.79 Å². The number of hydrogen-bond acceptors (Lipinski definition) is 3. The van der Waals surface area contributed by atoms with Crippen molar-refractivity contribution in [2.75, 3.05) is 11.9 Å². The Morgan fingerprint density at radius 2 is 2.20 bits per heavy atom. The predicted molar refractivity (Wildman–Crippen MR) is 87.0 cm³/mol. The summed E-state index contributed by atoms with van der Waals surface area (Å²) >= 11 is 5.22. The second kappa shape index (κ2) is 6.41. The van der Waals surface area contributed by atoms with Gasteiger partial charge in [-0.3, -0.25) is 0 Å². The van der Waals surface area contributed by atoms with Crippen molar-refractivity contribution in [3.8, 4) is 0 Å². The van der Waals surface area contributed by atoms with E-state index in [9.17, 15) is 4.79 Å². The highest BCUT2D eigenvalue weighted by Gasteiger charge is 2.15. The van der Waals surface area contributed by atoms with Gasteiger partial charge >= 0.3 is 5.97 Å². The van der Waals surface area contributed by atoms with E-state index in [0.717, 1.165) is 16.6 Å². The fourth-order valence-corrected chi connectivity index (χ4v) is 3.51. The summed E-state index contributed by atoms with van der Waals surface area (Å²) in [6, 6.07) is 9.66. The first-order valence-electron chi connectivity index (χ1n) is 6.27. The van der Waals surface area contributed by atoms with E-state index in [1.54, 1.807) is 23.5 Å². The topological polar surface area (TPSA) is 40.5 Å². The van der Waals surface area contributed by atoms with E-state index < -0.39 is 5.97 Å². The molecule has 1 atom stereocenters. The Morgan fingerprint density at radius 1 is 1.45 bits per heavy atom. The molecule has 1 aromatic carbocycles. The summed E-state index contributed by atoms with van der Waals surface area (Å²) in [5.41, 5.74) is 1.29. The first-order chi connectivity index (χ1) is 9.49. The van der Waals surface area contributed by atoms with Gasteiger partial charge in [-0.2, -0.15) is 0 Å². The van der Waals surface area contributed by atoms with Gasteiger partial charge in [-0.1, -0.05) is 6.07 Å². The van der Waals surface area contributed by atoms with Crippen LogP contribution in [0, 0.1) is 0 Å². The van der Waals surface area contributed by atoms with E-state index in [0.29, 0.717) is 11.6 Å². The molecule has 0 saturated heterocycles. The number of likely N-dealkylation sites (N-methyl/N-ethyl adjacent to an activating group) is 1. The molecule has 0 aliphatic rings. The first kappa shape index (κ1) is 15.1. The predicted octanol–water partition coefficient (Wildman–Crippen LogP) is 4.28. The quantitative estimate of drug-likeness (QED) is 0.872. The van der Waals surface area contributed by atoms with Gasteiger partial charge in [0.15, 0.2) is 0 Å². The highest BCUT2D eigenvalue weighted by molar-refractivity contribution is 9.10. The highest BCUT2D eigenvalue weighted by Crippen LogP contribution is 2.29. The minimum absolute atomic E-state index is 0.292. The Labute approximate surface area is 131 Å². The molecule has 0 bridgehead atoms. The van der Waals surface area contributed by atoms with Gasteiger partial charge in [-0.05, 0) is 52.5 Å². The SMILES string of the molecule is CC(Cc1cccs1)N(C)c1ccc(C(=O)O)cc1Br. The first-order valence-corrected chi connectivity index (χ1v) is 7.94. The van der Waals surface area contributed by atoms with Gasteiger partial charge in [-0.15, -0.1) is 11.3 Å². The van der Waals surface area contributed by atoms with Crippen molar-refractivity contribution >= 4 is 38.9 Å². The number of halogens is 1. The Balaban J connectivity index is 2.16. The van der Waals surface area contributed by atoms with Gasteiger partial charge in [0.1, 0.15) is 0 Å². The maximum absolute atomic E-state index is 10.9. The zero-order valence-electron chi connectivity index (χ0n) is 11.3. The molecule has 0 amide bonds. The number of carbonyl (C=O) groups is 1. The highest BCUT2D eigenvalue weighted by atomic mass is 79.9. The molecular weight excluding hydrogens is 338 g/mol. The number of carboxylic acids is 1. The lowest BCUT2D eigenvalue weighted by Gasteiger charge is -2.28. The van der Waals surface area contributed by atoms with E-state index in [2.05, 4.69) is 45.3 Å². The Kier molecular flexibility index (Phi) is 4.83. The monoisotopic (exact) mass is 353 g/mol. The lowest BCUT2D eigenvalue weighted by molar-refractivity contribution is 0.0697. The molecule has 3 nitrogen and oxygen atoms in total. The molecule has 0 spiro atoms. The van der Waals surface area contributed by atoms with Crippen molar-refractivity contribution in [1.82, 2.24) is 0 Å². The lowest BCUT2D eigenvalue weighted by Crippen LogP contribution is -2.30. The smallest absolute Gasteiger partial charge is 0.335 e. The van der Waals surface area contributed by atoms with Gasteiger partial charge < -0.3 is 10.0 Å². The third-order valence-corrected chi connectivity index (χ3v) is 4.85. The van der Waals surface area contributed by atoms with E-state index in [-0.39, 0.29) is 0 Å². The molecular formula is C15H16BrNO2S. The number of nitrogens with zero attached hydrogens (tertiary/aromatic N) is 1. The summed E-state index contributed by atoms with van der Waals surface area (Å²) < 4.78 is 0.804. The minimum Gasteiger partial charge on any atom is -0.478 e. The average molecular weight is 354 g/mol. The molecule has 2 rings (SSSR count). The van der Waals surface area contributed by atoms with Crippen molar-refractivity contribution in [3.63, 3.8) is 0 Å². The fraction of sp³-hybridized carbons (Fsp3) is 0.267. The largest absolute Gasteiger partial charge is 0.478 e. The summed E-state index contributed by atoms with van der Waals surface area (Å²) in [4.78, 5) is 14.5. The summed E-state index contributed by atoms with van der Waals surface area (Å²) in [5.74, 6) is -0.911. The number of anilines is 1. The van der Waals surface area contributed by atoms with E-state index in [4.69, 9.17) is 5.11 Å². The van der Waals surface area contributed by atoms with Crippen molar-refractivity contribution in [3.05, 3.63) is 50.6 Å². The third-order valence-electron chi connectivity index (χ3n) is 3.31. The van der Waals surface area contributed by atoms with Crippen molar-refractivity contribution in [1.29, 1.82) is 0 Å². The molecule has 106 valence electrons. The van der Waals surface area contributed by atoms with Gasteiger partial charge in [0.2, 0.25) is 0 Å². The zero-order valence-corrected chi connectivity index (χ0v) is 13.7. The normalized spacial score (nSPS) is 12.2.